The first-order valence-corrected chi connectivity index (χ1v) is 7.14. The van der Waals surface area contributed by atoms with Crippen LogP contribution in [0.2, 0.25) is 0 Å². The van der Waals surface area contributed by atoms with E-state index < -0.39 is 18.0 Å². The molecular weight excluding hydrogens is 314 g/mol. The molecule has 0 saturated heterocycles. The quantitative estimate of drug-likeness (QED) is 0.517. The summed E-state index contributed by atoms with van der Waals surface area (Å²) >= 11 is 0. The molecule has 1 rings (SSSR count). The largest absolute Gasteiger partial charge is 0.478 e. The lowest BCUT2D eigenvalue weighted by Crippen LogP contribution is -2.21. The number of nitrogens with one attached hydrogen (secondary N) is 1. The number of anilines is 1. The van der Waals surface area contributed by atoms with Crippen LogP contribution in [0, 0.1) is 0 Å². The van der Waals surface area contributed by atoms with E-state index in [4.69, 9.17) is 21.7 Å². The average molecular weight is 337 g/mol. The number of carbonyl (C=O) groups excluding carboxylic acids is 1. The molecule has 7 N–H and O–H groups in total. The van der Waals surface area contributed by atoms with Gasteiger partial charge in [0, 0.05) is 23.9 Å². The van der Waals surface area contributed by atoms with Crippen molar-refractivity contribution in [3.8, 4) is 0 Å². The lowest BCUT2D eigenvalue weighted by Gasteiger charge is -2.15. The van der Waals surface area contributed by atoms with Gasteiger partial charge in [-0.15, -0.1) is 0 Å². The van der Waals surface area contributed by atoms with E-state index in [0.717, 1.165) is 16.8 Å². The van der Waals surface area contributed by atoms with Crippen LogP contribution in [-0.4, -0.2) is 28.2 Å². The summed E-state index contributed by atoms with van der Waals surface area (Å²) in [5.41, 5.74) is 13.7. The Hall–Kier alpha value is -2.87. The van der Waals surface area contributed by atoms with Gasteiger partial charge in [0.15, 0.2) is 0 Å². The van der Waals surface area contributed by atoms with Gasteiger partial charge in [-0.1, -0.05) is 26.0 Å². The zero-order valence-corrected chi connectivity index (χ0v) is 13.8. The van der Waals surface area contributed by atoms with Crippen LogP contribution in [0.3, 0.4) is 0 Å². The van der Waals surface area contributed by atoms with Crippen molar-refractivity contribution in [1.82, 2.24) is 0 Å². The Morgan fingerprint density at radius 3 is 1.92 bits per heavy atom. The number of carbonyl (C=O) groups is 3. The van der Waals surface area contributed by atoms with Gasteiger partial charge >= 0.3 is 18.0 Å². The maximum absolute atomic E-state index is 10.9. The number of amides is 2. The first kappa shape index (κ1) is 21.1. The van der Waals surface area contributed by atoms with Crippen molar-refractivity contribution in [3.63, 3.8) is 0 Å². The molecule has 0 aliphatic rings. The molecule has 0 bridgehead atoms. The van der Waals surface area contributed by atoms with Crippen LogP contribution in [0.4, 0.5) is 10.5 Å². The highest BCUT2D eigenvalue weighted by Crippen LogP contribution is 2.27. The number of primary amides is 1. The third-order valence-electron chi connectivity index (χ3n) is 2.85. The Balaban J connectivity index is 0.000000561. The predicted octanol–water partition coefficient (Wildman–Crippen LogP) is 2.03. The molecule has 1 unspecified atom stereocenters. The number of carboxylic acid groups (broad SMARTS) is 2. The molecule has 132 valence electrons. The summed E-state index contributed by atoms with van der Waals surface area (Å²) in [5.74, 6) is -2.19. The zero-order valence-electron chi connectivity index (χ0n) is 13.8. The fraction of sp³-hybridized carbons (Fsp3) is 0.312. The van der Waals surface area contributed by atoms with Crippen molar-refractivity contribution < 1.29 is 24.6 Å². The van der Waals surface area contributed by atoms with Gasteiger partial charge in [0.05, 0.1) is 0 Å². The topological polar surface area (TPSA) is 156 Å². The van der Waals surface area contributed by atoms with Crippen LogP contribution >= 0.6 is 0 Å². The monoisotopic (exact) mass is 337 g/mol. The molecule has 8 heteroatoms. The molecule has 0 radical (unpaired) electrons. The average Bonchev–Trinajstić information content (AvgIpc) is 2.44. The standard InChI is InChI=1S/C12H19N3O.C4H4O4/c1-7(2)10-5-4-9(8(3)13)6-11(10)15-12(14)16;5-3(6)1-2-4(7)8/h4-8H,13H2,1-3H3,(H3,14,15,16);1-2H,(H,5,6)(H,7,8). The molecule has 0 aliphatic carbocycles. The Kier molecular flexibility index (Phi) is 8.81. The molecule has 0 heterocycles. The highest BCUT2D eigenvalue weighted by molar-refractivity contribution is 5.89. The molecule has 1 atom stereocenters. The van der Waals surface area contributed by atoms with Crippen molar-refractivity contribution in [2.75, 3.05) is 5.32 Å². The molecular formula is C16H23N3O5. The van der Waals surface area contributed by atoms with Crippen molar-refractivity contribution in [1.29, 1.82) is 0 Å². The van der Waals surface area contributed by atoms with Crippen molar-refractivity contribution in [3.05, 3.63) is 41.5 Å². The fourth-order valence-corrected chi connectivity index (χ4v) is 1.74. The Morgan fingerprint density at radius 2 is 1.58 bits per heavy atom. The van der Waals surface area contributed by atoms with Gasteiger partial charge in [0.1, 0.15) is 0 Å². The van der Waals surface area contributed by atoms with E-state index in [-0.39, 0.29) is 6.04 Å². The first-order valence-electron chi connectivity index (χ1n) is 7.14. The van der Waals surface area contributed by atoms with Gasteiger partial charge in [-0.25, -0.2) is 14.4 Å². The van der Waals surface area contributed by atoms with Crippen LogP contribution in [0.15, 0.2) is 30.4 Å². The fourth-order valence-electron chi connectivity index (χ4n) is 1.74. The number of hydrogen-bond donors (Lipinski definition) is 5. The van der Waals surface area contributed by atoms with Crippen LogP contribution in [0.5, 0.6) is 0 Å². The first-order chi connectivity index (χ1) is 11.0. The van der Waals surface area contributed by atoms with E-state index in [9.17, 15) is 14.4 Å². The number of hydrogen-bond acceptors (Lipinski definition) is 4. The molecule has 0 aromatic heterocycles. The van der Waals surface area contributed by atoms with Gasteiger partial charge in [0.25, 0.3) is 0 Å². The smallest absolute Gasteiger partial charge is 0.328 e. The predicted molar refractivity (Wildman–Crippen MR) is 90.8 cm³/mol. The number of rotatable bonds is 5. The summed E-state index contributed by atoms with van der Waals surface area (Å²) in [4.78, 5) is 30.0. The molecule has 1 aromatic carbocycles. The van der Waals surface area contributed by atoms with Crippen molar-refractivity contribution in [2.24, 2.45) is 11.5 Å². The third kappa shape index (κ3) is 8.54. The number of urea groups is 1. The van der Waals surface area contributed by atoms with E-state index in [1.54, 1.807) is 0 Å². The second-order valence-electron chi connectivity index (χ2n) is 5.29. The molecule has 0 aliphatic heterocycles. The van der Waals surface area contributed by atoms with Crippen LogP contribution in [0.25, 0.3) is 0 Å². The van der Waals surface area contributed by atoms with Crippen LogP contribution < -0.4 is 16.8 Å². The second-order valence-corrected chi connectivity index (χ2v) is 5.29. The minimum atomic E-state index is -1.26. The molecule has 0 saturated carbocycles. The minimum Gasteiger partial charge on any atom is -0.478 e. The number of aliphatic carboxylic acids is 2. The Bertz CT molecular complexity index is 608. The Morgan fingerprint density at radius 1 is 1.08 bits per heavy atom. The molecule has 24 heavy (non-hydrogen) atoms. The second kappa shape index (κ2) is 10.0. The van der Waals surface area contributed by atoms with Gasteiger partial charge in [-0.2, -0.15) is 0 Å². The highest BCUT2D eigenvalue weighted by Gasteiger charge is 2.10. The van der Waals surface area contributed by atoms with Crippen LogP contribution in [-0.2, 0) is 9.59 Å². The van der Waals surface area contributed by atoms with E-state index in [1.165, 1.54) is 0 Å². The van der Waals surface area contributed by atoms with E-state index in [2.05, 4.69) is 19.2 Å². The van der Waals surface area contributed by atoms with Crippen LogP contribution in [0.1, 0.15) is 43.9 Å². The van der Waals surface area contributed by atoms with Gasteiger partial charge < -0.3 is 27.0 Å². The third-order valence-corrected chi connectivity index (χ3v) is 2.85. The summed E-state index contributed by atoms with van der Waals surface area (Å²) in [6.45, 7) is 6.03. The molecule has 2 amide bonds. The molecule has 8 nitrogen and oxygen atoms in total. The van der Waals surface area contributed by atoms with Gasteiger partial charge in [-0.3, -0.25) is 0 Å². The summed E-state index contributed by atoms with van der Waals surface area (Å²) in [5, 5.41) is 18.3. The number of benzene rings is 1. The SMILES string of the molecule is CC(C)c1ccc(C(C)N)cc1NC(N)=O.O=C(O)C=CC(=O)O. The highest BCUT2D eigenvalue weighted by atomic mass is 16.4. The molecule has 0 spiro atoms. The van der Waals surface area contributed by atoms with E-state index in [1.807, 2.05) is 25.1 Å². The number of carboxylic acids is 2. The lowest BCUT2D eigenvalue weighted by molar-refractivity contribution is -0.134. The van der Waals surface area contributed by atoms with E-state index in [0.29, 0.717) is 18.1 Å². The van der Waals surface area contributed by atoms with Gasteiger partial charge in [-0.05, 0) is 30.0 Å². The van der Waals surface area contributed by atoms with Crippen molar-refractivity contribution >= 4 is 23.7 Å². The summed E-state index contributed by atoms with van der Waals surface area (Å²) in [6, 6.07) is 5.23. The Labute approximate surface area is 140 Å². The number of nitrogens with two attached hydrogens (primary N) is 2. The normalized spacial score (nSPS) is 11.5. The zero-order chi connectivity index (χ0) is 18.9. The summed E-state index contributed by atoms with van der Waals surface area (Å²) < 4.78 is 0. The van der Waals surface area contributed by atoms with E-state index >= 15 is 0 Å². The van der Waals surface area contributed by atoms with Crippen molar-refractivity contribution in [2.45, 2.75) is 32.7 Å². The maximum Gasteiger partial charge on any atom is 0.328 e. The maximum atomic E-state index is 10.9. The summed E-state index contributed by atoms with van der Waals surface area (Å²) in [7, 11) is 0. The summed E-state index contributed by atoms with van der Waals surface area (Å²) in [6.07, 6.45) is 1.12. The lowest BCUT2D eigenvalue weighted by atomic mass is 9.97. The molecule has 0 fully saturated rings. The van der Waals surface area contributed by atoms with Gasteiger partial charge in [0.2, 0.25) is 0 Å². The minimum absolute atomic E-state index is 0.0605. The molecule has 1 aromatic rings.